The van der Waals surface area contributed by atoms with E-state index in [4.69, 9.17) is 5.26 Å². The summed E-state index contributed by atoms with van der Waals surface area (Å²) in [5.41, 5.74) is 0.278. The number of nitrogens with zero attached hydrogens (tertiary/aromatic N) is 2. The van der Waals surface area contributed by atoms with E-state index in [9.17, 15) is 19.5 Å². The smallest absolute Gasteiger partial charge is 0.337 e. The number of aromatic carboxylic acids is 1. The molecule has 0 saturated carbocycles. The Morgan fingerprint density at radius 2 is 1.64 bits per heavy atom. The van der Waals surface area contributed by atoms with E-state index in [1.165, 1.54) is 30.3 Å². The summed E-state index contributed by atoms with van der Waals surface area (Å²) in [6.45, 7) is 0. The van der Waals surface area contributed by atoms with Crippen LogP contribution >= 0.6 is 0 Å². The normalized spacial score (nSPS) is 13.0. The molecule has 1 N–H and O–H groups in total. The summed E-state index contributed by atoms with van der Waals surface area (Å²) in [7, 11) is 0. The summed E-state index contributed by atoms with van der Waals surface area (Å²) in [4.78, 5) is 37.0. The molecular weight excluding hydrogens is 284 g/mol. The minimum Gasteiger partial charge on any atom is -0.478 e. The first kappa shape index (κ1) is 13.5. The van der Waals surface area contributed by atoms with Crippen LogP contribution in [0.5, 0.6) is 0 Å². The molecule has 0 saturated heterocycles. The van der Waals surface area contributed by atoms with Gasteiger partial charge >= 0.3 is 5.97 Å². The molecule has 0 fully saturated rings. The molecule has 6 heteroatoms. The number of amides is 2. The first-order chi connectivity index (χ1) is 10.5. The predicted octanol–water partition coefficient (Wildman–Crippen LogP) is 2.06. The Morgan fingerprint density at radius 3 is 2.14 bits per heavy atom. The minimum atomic E-state index is -1.28. The molecule has 0 spiro atoms. The summed E-state index contributed by atoms with van der Waals surface area (Å²) in [5, 5.41) is 18.2. The van der Waals surface area contributed by atoms with Crippen LogP contribution in [0.2, 0.25) is 0 Å². The standard InChI is InChI=1S/C16H8N2O4/c17-8-9-5-6-12(16(21)22)13(7-9)18-14(19)10-3-1-2-4-11(10)15(18)20/h1-7H,(H,21,22). The van der Waals surface area contributed by atoms with Crippen LogP contribution in [0.3, 0.4) is 0 Å². The number of rotatable bonds is 2. The Morgan fingerprint density at radius 1 is 1.05 bits per heavy atom. The molecule has 0 unspecified atom stereocenters. The zero-order chi connectivity index (χ0) is 15.9. The van der Waals surface area contributed by atoms with Gasteiger partial charge in [-0.25, -0.2) is 9.69 Å². The molecule has 2 aromatic rings. The van der Waals surface area contributed by atoms with Crippen LogP contribution in [0.15, 0.2) is 42.5 Å². The topological polar surface area (TPSA) is 98.5 Å². The Labute approximate surface area is 124 Å². The second kappa shape index (κ2) is 4.82. The lowest BCUT2D eigenvalue weighted by atomic mass is 10.1. The lowest BCUT2D eigenvalue weighted by molar-refractivity contribution is 0.0698. The Balaban J connectivity index is 2.21. The van der Waals surface area contributed by atoms with Crippen LogP contribution in [-0.4, -0.2) is 22.9 Å². The number of benzene rings is 2. The molecule has 0 aliphatic carbocycles. The molecule has 1 aliphatic rings. The van der Waals surface area contributed by atoms with Crippen molar-refractivity contribution in [2.24, 2.45) is 0 Å². The van der Waals surface area contributed by atoms with E-state index in [1.807, 2.05) is 6.07 Å². The van der Waals surface area contributed by atoms with Gasteiger partial charge in [-0.1, -0.05) is 12.1 Å². The summed E-state index contributed by atoms with van der Waals surface area (Å²) >= 11 is 0. The molecule has 0 atom stereocenters. The van der Waals surface area contributed by atoms with Crippen LogP contribution in [0, 0.1) is 11.3 Å². The molecule has 0 aromatic heterocycles. The molecule has 1 aliphatic heterocycles. The van der Waals surface area contributed by atoms with E-state index < -0.39 is 17.8 Å². The zero-order valence-electron chi connectivity index (χ0n) is 11.1. The summed E-state index contributed by atoms with van der Waals surface area (Å²) in [5.74, 6) is -2.48. The largest absolute Gasteiger partial charge is 0.478 e. The van der Waals surface area contributed by atoms with Gasteiger partial charge in [-0.15, -0.1) is 0 Å². The van der Waals surface area contributed by atoms with Gasteiger partial charge in [0.05, 0.1) is 34.0 Å². The molecule has 22 heavy (non-hydrogen) atoms. The van der Waals surface area contributed by atoms with Crippen molar-refractivity contribution in [1.29, 1.82) is 5.26 Å². The van der Waals surface area contributed by atoms with Gasteiger partial charge in [-0.3, -0.25) is 9.59 Å². The van der Waals surface area contributed by atoms with Gasteiger partial charge in [0.2, 0.25) is 0 Å². The molecule has 0 radical (unpaired) electrons. The van der Waals surface area contributed by atoms with E-state index >= 15 is 0 Å². The lowest BCUT2D eigenvalue weighted by Crippen LogP contribution is -2.31. The molecule has 3 rings (SSSR count). The van der Waals surface area contributed by atoms with E-state index in [0.29, 0.717) is 0 Å². The average Bonchev–Trinajstić information content (AvgIpc) is 2.78. The van der Waals surface area contributed by atoms with Gasteiger partial charge in [0.15, 0.2) is 0 Å². The summed E-state index contributed by atoms with van der Waals surface area (Å²) in [6.07, 6.45) is 0. The lowest BCUT2D eigenvalue weighted by Gasteiger charge is -2.16. The van der Waals surface area contributed by atoms with Gasteiger partial charge in [0.25, 0.3) is 11.8 Å². The molecule has 6 nitrogen and oxygen atoms in total. The zero-order valence-corrected chi connectivity index (χ0v) is 11.1. The third-order valence-corrected chi connectivity index (χ3v) is 3.39. The average molecular weight is 292 g/mol. The van der Waals surface area contributed by atoms with Gasteiger partial charge in [0, 0.05) is 0 Å². The fourth-order valence-electron chi connectivity index (χ4n) is 2.38. The van der Waals surface area contributed by atoms with Crippen molar-refractivity contribution in [2.45, 2.75) is 0 Å². The highest BCUT2D eigenvalue weighted by atomic mass is 16.4. The Kier molecular flexibility index (Phi) is 2.96. The highest BCUT2D eigenvalue weighted by Gasteiger charge is 2.38. The van der Waals surface area contributed by atoms with E-state index in [1.54, 1.807) is 12.1 Å². The van der Waals surface area contributed by atoms with Crippen LogP contribution in [0.25, 0.3) is 0 Å². The van der Waals surface area contributed by atoms with E-state index in [2.05, 4.69) is 0 Å². The number of carbonyl (C=O) groups excluding carboxylic acids is 2. The van der Waals surface area contributed by atoms with E-state index in [-0.39, 0.29) is 27.9 Å². The fraction of sp³-hybridized carbons (Fsp3) is 0. The highest BCUT2D eigenvalue weighted by Crippen LogP contribution is 2.31. The predicted molar refractivity (Wildman–Crippen MR) is 75.7 cm³/mol. The Bertz CT molecular complexity index is 845. The second-order valence-corrected chi connectivity index (χ2v) is 4.64. The third kappa shape index (κ3) is 1.84. The number of carboxylic acid groups (broad SMARTS) is 1. The van der Waals surface area contributed by atoms with Crippen molar-refractivity contribution in [2.75, 3.05) is 4.90 Å². The van der Waals surface area contributed by atoms with Gasteiger partial charge in [0.1, 0.15) is 0 Å². The highest BCUT2D eigenvalue weighted by molar-refractivity contribution is 6.35. The number of fused-ring (bicyclic) bond motifs is 1. The van der Waals surface area contributed by atoms with Gasteiger partial charge in [-0.05, 0) is 30.3 Å². The van der Waals surface area contributed by atoms with Crippen molar-refractivity contribution in [3.05, 3.63) is 64.7 Å². The maximum absolute atomic E-state index is 12.4. The SMILES string of the molecule is N#Cc1ccc(C(=O)O)c(N2C(=O)c3ccccc3C2=O)c1. The van der Waals surface area contributed by atoms with Crippen molar-refractivity contribution < 1.29 is 19.5 Å². The number of hydrogen-bond donors (Lipinski definition) is 1. The summed E-state index contributed by atoms with van der Waals surface area (Å²) < 4.78 is 0. The number of imide groups is 1. The molecule has 1 heterocycles. The number of hydrogen-bond acceptors (Lipinski definition) is 4. The minimum absolute atomic E-state index is 0.0993. The fourth-order valence-corrected chi connectivity index (χ4v) is 2.38. The van der Waals surface area contributed by atoms with Crippen molar-refractivity contribution in [3.8, 4) is 6.07 Å². The monoisotopic (exact) mass is 292 g/mol. The maximum Gasteiger partial charge on any atom is 0.337 e. The van der Waals surface area contributed by atoms with Crippen LogP contribution < -0.4 is 4.90 Å². The number of nitriles is 1. The van der Waals surface area contributed by atoms with E-state index in [0.717, 1.165) is 4.90 Å². The van der Waals surface area contributed by atoms with Crippen molar-refractivity contribution in [1.82, 2.24) is 0 Å². The first-order valence-electron chi connectivity index (χ1n) is 6.30. The maximum atomic E-state index is 12.4. The molecular formula is C16H8N2O4. The summed E-state index contributed by atoms with van der Waals surface area (Å²) in [6, 6.07) is 11.9. The van der Waals surface area contributed by atoms with Crippen LogP contribution in [0.1, 0.15) is 36.6 Å². The second-order valence-electron chi connectivity index (χ2n) is 4.64. The van der Waals surface area contributed by atoms with Crippen LogP contribution in [-0.2, 0) is 0 Å². The number of anilines is 1. The molecule has 2 amide bonds. The first-order valence-corrected chi connectivity index (χ1v) is 6.30. The number of carboxylic acids is 1. The molecule has 106 valence electrons. The third-order valence-electron chi connectivity index (χ3n) is 3.39. The van der Waals surface area contributed by atoms with Crippen LogP contribution in [0.4, 0.5) is 5.69 Å². The molecule has 2 aromatic carbocycles. The Hall–Kier alpha value is -3.46. The number of carbonyl (C=O) groups is 3. The van der Waals surface area contributed by atoms with Crippen molar-refractivity contribution >= 4 is 23.5 Å². The quantitative estimate of drug-likeness (QED) is 0.854. The molecule has 0 bridgehead atoms. The van der Waals surface area contributed by atoms with Crippen molar-refractivity contribution in [3.63, 3.8) is 0 Å². The van der Waals surface area contributed by atoms with Gasteiger partial charge in [-0.2, -0.15) is 5.26 Å². The van der Waals surface area contributed by atoms with Gasteiger partial charge < -0.3 is 5.11 Å².